The van der Waals surface area contributed by atoms with Gasteiger partial charge in [0.25, 0.3) is 0 Å². The molecular formula is C20H24F2N6O2. The number of rotatable bonds is 5. The summed E-state index contributed by atoms with van der Waals surface area (Å²) >= 11 is 0. The molecule has 0 unspecified atom stereocenters. The summed E-state index contributed by atoms with van der Waals surface area (Å²) in [7, 11) is 0. The van der Waals surface area contributed by atoms with Gasteiger partial charge in [0.15, 0.2) is 11.6 Å². The molecule has 0 saturated carbocycles. The Morgan fingerprint density at radius 3 is 2.43 bits per heavy atom. The minimum absolute atomic E-state index is 0.0830. The fraction of sp³-hybridized carbons (Fsp3) is 0.550. The Hall–Kier alpha value is -2.75. The monoisotopic (exact) mass is 418 g/mol. The number of nitrogens with two attached hydrogens (primary N) is 1. The second-order valence-electron chi connectivity index (χ2n) is 8.22. The number of halogens is 2. The van der Waals surface area contributed by atoms with Crippen LogP contribution in [0.1, 0.15) is 19.3 Å². The van der Waals surface area contributed by atoms with E-state index in [1.54, 1.807) is 0 Å². The van der Waals surface area contributed by atoms with E-state index in [1.807, 2.05) is 6.07 Å². The van der Waals surface area contributed by atoms with E-state index in [1.165, 1.54) is 12.3 Å². The Balaban J connectivity index is 1.47. The van der Waals surface area contributed by atoms with Crippen LogP contribution in [0.4, 0.5) is 26.4 Å². The second-order valence-corrected chi connectivity index (χ2v) is 8.22. The van der Waals surface area contributed by atoms with Crippen LogP contribution in [0.15, 0.2) is 18.3 Å². The van der Waals surface area contributed by atoms with Crippen molar-refractivity contribution in [3.63, 3.8) is 0 Å². The van der Waals surface area contributed by atoms with Gasteiger partial charge in [0, 0.05) is 49.4 Å². The number of nitrogens with zero attached hydrogens (tertiary/aromatic N) is 5. The van der Waals surface area contributed by atoms with Crippen LogP contribution in [0, 0.1) is 5.41 Å². The van der Waals surface area contributed by atoms with E-state index < -0.39 is 6.61 Å². The highest BCUT2D eigenvalue weighted by Gasteiger charge is 2.41. The van der Waals surface area contributed by atoms with Crippen LogP contribution in [-0.4, -0.2) is 61.0 Å². The van der Waals surface area contributed by atoms with E-state index in [4.69, 9.17) is 15.5 Å². The lowest BCUT2D eigenvalue weighted by atomic mass is 9.77. The summed E-state index contributed by atoms with van der Waals surface area (Å²) in [6, 6.07) is 3.34. The first-order valence-corrected chi connectivity index (χ1v) is 10.2. The van der Waals surface area contributed by atoms with Crippen LogP contribution in [0.3, 0.4) is 0 Å². The Morgan fingerprint density at radius 2 is 1.83 bits per heavy atom. The van der Waals surface area contributed by atoms with Crippen LogP contribution in [0.5, 0.6) is 5.75 Å². The van der Waals surface area contributed by atoms with Crippen molar-refractivity contribution in [2.24, 2.45) is 5.41 Å². The minimum atomic E-state index is -2.97. The molecule has 5 heterocycles. The van der Waals surface area contributed by atoms with Gasteiger partial charge < -0.3 is 25.0 Å². The van der Waals surface area contributed by atoms with E-state index in [0.717, 1.165) is 64.5 Å². The third-order valence-corrected chi connectivity index (χ3v) is 6.20. The molecule has 0 aromatic carbocycles. The number of hydrogen-bond donors (Lipinski definition) is 1. The number of piperidine rings is 1. The molecule has 0 radical (unpaired) electrons. The highest BCUT2D eigenvalue weighted by Crippen LogP contribution is 2.40. The third-order valence-electron chi connectivity index (χ3n) is 6.20. The van der Waals surface area contributed by atoms with E-state index in [0.29, 0.717) is 22.6 Å². The Morgan fingerprint density at radius 1 is 1.07 bits per heavy atom. The first-order valence-electron chi connectivity index (χ1n) is 10.2. The normalized spacial score (nSPS) is 20.2. The summed E-state index contributed by atoms with van der Waals surface area (Å²) in [5.41, 5.74) is 7.19. The summed E-state index contributed by atoms with van der Waals surface area (Å²) in [4.78, 5) is 17.9. The molecule has 3 fully saturated rings. The molecule has 2 aromatic heterocycles. The van der Waals surface area contributed by atoms with Gasteiger partial charge in [0.05, 0.1) is 18.9 Å². The Kier molecular flexibility index (Phi) is 4.80. The zero-order chi connectivity index (χ0) is 20.7. The molecule has 2 N–H and O–H groups in total. The molecule has 3 aliphatic heterocycles. The van der Waals surface area contributed by atoms with Gasteiger partial charge in [-0.25, -0.2) is 9.97 Å². The van der Waals surface area contributed by atoms with Gasteiger partial charge in [0.2, 0.25) is 5.95 Å². The van der Waals surface area contributed by atoms with Gasteiger partial charge >= 0.3 is 6.61 Å². The second kappa shape index (κ2) is 7.50. The largest absolute Gasteiger partial charge is 0.431 e. The SMILES string of the molecule is Nc1ncc(-c2cc(N3CCC4(CC3)COC4)nc(N3CCC3)n2)cc1OC(F)F. The van der Waals surface area contributed by atoms with E-state index in [-0.39, 0.29) is 11.6 Å². The van der Waals surface area contributed by atoms with Crippen molar-refractivity contribution >= 4 is 17.6 Å². The quantitative estimate of drug-likeness (QED) is 0.793. The first-order chi connectivity index (χ1) is 14.5. The van der Waals surface area contributed by atoms with Crippen molar-refractivity contribution in [3.8, 4) is 17.0 Å². The molecule has 1 spiro atoms. The molecule has 0 atom stereocenters. The lowest BCUT2D eigenvalue weighted by Gasteiger charge is -2.47. The average Bonchev–Trinajstić information content (AvgIpc) is 2.67. The number of pyridine rings is 1. The topological polar surface area (TPSA) is 89.6 Å². The maximum absolute atomic E-state index is 12.7. The smallest absolute Gasteiger partial charge is 0.387 e. The average molecular weight is 418 g/mol. The lowest BCUT2D eigenvalue weighted by Crippen LogP contribution is -2.51. The predicted octanol–water partition coefficient (Wildman–Crippen LogP) is 2.55. The molecule has 160 valence electrons. The van der Waals surface area contributed by atoms with Crippen LogP contribution in [-0.2, 0) is 4.74 Å². The highest BCUT2D eigenvalue weighted by atomic mass is 19.3. The lowest BCUT2D eigenvalue weighted by molar-refractivity contribution is -0.124. The summed E-state index contributed by atoms with van der Waals surface area (Å²) in [5, 5.41) is 0. The summed E-state index contributed by atoms with van der Waals surface area (Å²) in [6.07, 6.45) is 4.77. The Bertz CT molecular complexity index is 926. The Labute approximate surface area is 173 Å². The maximum Gasteiger partial charge on any atom is 0.387 e. The van der Waals surface area contributed by atoms with Crippen LogP contribution in [0.25, 0.3) is 11.3 Å². The molecule has 3 aliphatic rings. The van der Waals surface area contributed by atoms with Crippen LogP contribution < -0.4 is 20.3 Å². The van der Waals surface area contributed by atoms with Crippen molar-refractivity contribution in [1.82, 2.24) is 15.0 Å². The highest BCUT2D eigenvalue weighted by molar-refractivity contribution is 5.68. The van der Waals surface area contributed by atoms with Gasteiger partial charge in [0.1, 0.15) is 5.82 Å². The zero-order valence-corrected chi connectivity index (χ0v) is 16.6. The molecule has 3 saturated heterocycles. The summed E-state index contributed by atoms with van der Waals surface area (Å²) in [6.45, 7) is 2.33. The molecule has 0 aliphatic carbocycles. The molecule has 2 aromatic rings. The maximum atomic E-state index is 12.7. The number of aromatic nitrogens is 3. The molecule has 5 rings (SSSR count). The summed E-state index contributed by atoms with van der Waals surface area (Å²) < 4.78 is 35.3. The molecular weight excluding hydrogens is 394 g/mol. The van der Waals surface area contributed by atoms with Crippen molar-refractivity contribution in [1.29, 1.82) is 0 Å². The fourth-order valence-electron chi connectivity index (χ4n) is 4.06. The van der Waals surface area contributed by atoms with Gasteiger partial charge in [-0.15, -0.1) is 0 Å². The molecule has 8 nitrogen and oxygen atoms in total. The van der Waals surface area contributed by atoms with Gasteiger partial charge in [-0.3, -0.25) is 0 Å². The number of ether oxygens (including phenoxy) is 2. The van der Waals surface area contributed by atoms with E-state index >= 15 is 0 Å². The van der Waals surface area contributed by atoms with Gasteiger partial charge in [-0.2, -0.15) is 13.8 Å². The van der Waals surface area contributed by atoms with Gasteiger partial charge in [-0.05, 0) is 25.3 Å². The number of hydrogen-bond acceptors (Lipinski definition) is 8. The van der Waals surface area contributed by atoms with Crippen molar-refractivity contribution in [3.05, 3.63) is 18.3 Å². The van der Waals surface area contributed by atoms with Crippen molar-refractivity contribution < 1.29 is 18.3 Å². The van der Waals surface area contributed by atoms with E-state index in [2.05, 4.69) is 24.5 Å². The van der Waals surface area contributed by atoms with Crippen LogP contribution >= 0.6 is 0 Å². The number of alkyl halides is 2. The van der Waals surface area contributed by atoms with Crippen molar-refractivity contribution in [2.45, 2.75) is 25.9 Å². The molecule has 0 bridgehead atoms. The zero-order valence-electron chi connectivity index (χ0n) is 16.6. The van der Waals surface area contributed by atoms with E-state index in [9.17, 15) is 8.78 Å². The number of nitrogen functional groups attached to an aromatic ring is 1. The van der Waals surface area contributed by atoms with Gasteiger partial charge in [-0.1, -0.05) is 0 Å². The fourth-order valence-corrected chi connectivity index (χ4v) is 4.06. The van der Waals surface area contributed by atoms with Crippen LogP contribution in [0.2, 0.25) is 0 Å². The molecule has 0 amide bonds. The predicted molar refractivity (Wildman–Crippen MR) is 108 cm³/mol. The number of anilines is 3. The van der Waals surface area contributed by atoms with Crippen molar-refractivity contribution in [2.75, 3.05) is 54.9 Å². The molecule has 30 heavy (non-hydrogen) atoms. The third kappa shape index (κ3) is 3.60. The standard InChI is InChI=1S/C20H24F2N6O2/c21-18(22)30-15-8-13(10-24-17(15)23)14-9-16(26-19(25-14)28-4-1-5-28)27-6-2-20(3-7-27)11-29-12-20/h8-10,18H,1-7,11-12H2,(H2,23,24). The first kappa shape index (κ1) is 19.2. The summed E-state index contributed by atoms with van der Waals surface area (Å²) in [5.74, 6) is 1.25. The molecule has 10 heteroatoms. The minimum Gasteiger partial charge on any atom is -0.431 e.